The first-order chi connectivity index (χ1) is 8.16. The second-order valence-electron chi connectivity index (χ2n) is 3.21. The fraction of sp³-hybridized carbons (Fsp3) is 0.333. The standard InChI is InChI=1S/C12H14O3S2/c1-13-10-7-5-4-6-9(10)12(14-2,15-3)11(17)8-16/h4-8H,1-3H3. The molecular weight excluding hydrogens is 256 g/mol. The van der Waals surface area contributed by atoms with Crippen LogP contribution >= 0.6 is 24.4 Å². The molecule has 0 radical (unpaired) electrons. The fourth-order valence-corrected chi connectivity index (χ4v) is 2.06. The highest BCUT2D eigenvalue weighted by atomic mass is 32.1. The smallest absolute Gasteiger partial charge is 0.236 e. The van der Waals surface area contributed by atoms with Crippen LogP contribution in [0, 0.1) is 0 Å². The topological polar surface area (TPSA) is 27.7 Å². The quantitative estimate of drug-likeness (QED) is 0.585. The average molecular weight is 270 g/mol. The van der Waals surface area contributed by atoms with Crippen molar-refractivity contribution in [3.05, 3.63) is 29.8 Å². The van der Waals surface area contributed by atoms with Gasteiger partial charge in [0.2, 0.25) is 5.79 Å². The lowest BCUT2D eigenvalue weighted by molar-refractivity contribution is -0.158. The molecule has 0 aromatic heterocycles. The maximum Gasteiger partial charge on any atom is 0.236 e. The van der Waals surface area contributed by atoms with Crippen molar-refractivity contribution in [1.29, 1.82) is 0 Å². The zero-order chi connectivity index (χ0) is 12.9. The number of rotatable bonds is 6. The first-order valence-corrected chi connectivity index (χ1v) is 5.77. The SMILES string of the molecule is COc1ccccc1C(OC)(OC)C(=S)C=S. The highest BCUT2D eigenvalue weighted by Gasteiger charge is 2.38. The van der Waals surface area contributed by atoms with E-state index in [1.54, 1.807) is 7.11 Å². The molecule has 17 heavy (non-hydrogen) atoms. The predicted octanol–water partition coefficient (Wildman–Crippen LogP) is 2.51. The van der Waals surface area contributed by atoms with Gasteiger partial charge in [0.1, 0.15) is 5.75 Å². The molecule has 1 aromatic rings. The van der Waals surface area contributed by atoms with E-state index in [4.69, 9.17) is 38.6 Å². The molecule has 5 heteroatoms. The van der Waals surface area contributed by atoms with Gasteiger partial charge in [0.25, 0.3) is 0 Å². The lowest BCUT2D eigenvalue weighted by Crippen LogP contribution is -2.39. The third-order valence-corrected chi connectivity index (χ3v) is 3.24. The average Bonchev–Trinajstić information content (AvgIpc) is 2.41. The molecular formula is C12H14O3S2. The monoisotopic (exact) mass is 270 g/mol. The maximum atomic E-state index is 5.43. The first-order valence-electron chi connectivity index (χ1n) is 4.89. The van der Waals surface area contributed by atoms with Gasteiger partial charge in [-0.15, -0.1) is 0 Å². The molecule has 92 valence electrons. The van der Waals surface area contributed by atoms with Crippen LogP contribution in [0.15, 0.2) is 24.3 Å². The van der Waals surface area contributed by atoms with Gasteiger partial charge in [-0.1, -0.05) is 36.6 Å². The number of ether oxygens (including phenoxy) is 3. The number of para-hydroxylation sites is 1. The summed E-state index contributed by atoms with van der Waals surface area (Å²) >= 11 is 10.1. The number of thiocarbonyl (C=S) groups is 2. The zero-order valence-electron chi connectivity index (χ0n) is 9.93. The van der Waals surface area contributed by atoms with Crippen molar-refractivity contribution in [1.82, 2.24) is 0 Å². The fourth-order valence-electron chi connectivity index (χ4n) is 1.63. The minimum absolute atomic E-state index is 0.377. The van der Waals surface area contributed by atoms with E-state index in [-0.39, 0.29) is 0 Å². The van der Waals surface area contributed by atoms with E-state index in [9.17, 15) is 0 Å². The van der Waals surface area contributed by atoms with Crippen LogP contribution in [0.25, 0.3) is 0 Å². The van der Waals surface area contributed by atoms with Gasteiger partial charge >= 0.3 is 0 Å². The van der Waals surface area contributed by atoms with Crippen molar-refractivity contribution in [3.63, 3.8) is 0 Å². The minimum atomic E-state index is -1.18. The Hall–Kier alpha value is -0.880. The second kappa shape index (κ2) is 6.16. The van der Waals surface area contributed by atoms with Gasteiger partial charge in [0.05, 0.1) is 17.5 Å². The van der Waals surface area contributed by atoms with Crippen molar-refractivity contribution in [2.45, 2.75) is 5.79 Å². The lowest BCUT2D eigenvalue weighted by atomic mass is 10.0. The molecule has 1 aromatic carbocycles. The van der Waals surface area contributed by atoms with Crippen molar-refractivity contribution in [2.24, 2.45) is 0 Å². The van der Waals surface area contributed by atoms with Gasteiger partial charge in [-0.2, -0.15) is 0 Å². The summed E-state index contributed by atoms with van der Waals surface area (Å²) in [6.07, 6.45) is 0. The van der Waals surface area contributed by atoms with Crippen molar-refractivity contribution in [3.8, 4) is 5.75 Å². The third-order valence-electron chi connectivity index (χ3n) is 2.47. The highest BCUT2D eigenvalue weighted by molar-refractivity contribution is 7.88. The van der Waals surface area contributed by atoms with Crippen LogP contribution in [0.1, 0.15) is 5.56 Å². The van der Waals surface area contributed by atoms with Crippen LogP contribution in [0.3, 0.4) is 0 Å². The van der Waals surface area contributed by atoms with Crippen molar-refractivity contribution < 1.29 is 14.2 Å². The molecule has 0 spiro atoms. The van der Waals surface area contributed by atoms with E-state index in [2.05, 4.69) is 0 Å². The van der Waals surface area contributed by atoms with E-state index in [0.717, 1.165) is 0 Å². The van der Waals surface area contributed by atoms with E-state index >= 15 is 0 Å². The molecule has 0 fully saturated rings. The van der Waals surface area contributed by atoms with Crippen molar-refractivity contribution in [2.75, 3.05) is 21.3 Å². The number of hydrogen-bond acceptors (Lipinski definition) is 5. The van der Waals surface area contributed by atoms with Crippen LogP contribution in [0.4, 0.5) is 0 Å². The van der Waals surface area contributed by atoms with Crippen LogP contribution in [0.2, 0.25) is 0 Å². The molecule has 0 N–H and O–H groups in total. The van der Waals surface area contributed by atoms with Gasteiger partial charge in [-0.3, -0.25) is 0 Å². The summed E-state index contributed by atoms with van der Waals surface area (Å²) < 4.78 is 16.1. The Balaban J connectivity index is 3.41. The van der Waals surface area contributed by atoms with Gasteiger partial charge in [-0.25, -0.2) is 0 Å². The van der Waals surface area contributed by atoms with Gasteiger partial charge < -0.3 is 14.2 Å². The van der Waals surface area contributed by atoms with E-state index < -0.39 is 5.79 Å². The van der Waals surface area contributed by atoms with E-state index in [1.807, 2.05) is 24.3 Å². The second-order valence-corrected chi connectivity index (χ2v) is 3.88. The Morgan fingerprint density at radius 3 is 2.24 bits per heavy atom. The molecule has 0 heterocycles. The number of hydrogen-bond donors (Lipinski definition) is 0. The van der Waals surface area contributed by atoms with Crippen LogP contribution < -0.4 is 4.74 Å². The normalized spacial score (nSPS) is 11.0. The molecule has 0 saturated carbocycles. The Bertz CT molecular complexity index is 414. The first kappa shape index (κ1) is 14.2. The Morgan fingerprint density at radius 1 is 1.18 bits per heavy atom. The van der Waals surface area contributed by atoms with E-state index in [0.29, 0.717) is 16.2 Å². The van der Waals surface area contributed by atoms with Crippen LogP contribution in [-0.4, -0.2) is 31.6 Å². The molecule has 0 atom stereocenters. The van der Waals surface area contributed by atoms with Crippen LogP contribution in [0.5, 0.6) is 5.75 Å². The summed E-state index contributed by atoms with van der Waals surface area (Å²) in [5, 5.41) is 1.37. The van der Waals surface area contributed by atoms with Crippen molar-refractivity contribution >= 4 is 34.7 Å². The number of methoxy groups -OCH3 is 3. The largest absolute Gasteiger partial charge is 0.496 e. The Labute approximate surface area is 112 Å². The van der Waals surface area contributed by atoms with Gasteiger partial charge in [-0.05, 0) is 12.1 Å². The summed E-state index contributed by atoms with van der Waals surface area (Å²) in [5.74, 6) is -0.542. The zero-order valence-corrected chi connectivity index (χ0v) is 11.6. The lowest BCUT2D eigenvalue weighted by Gasteiger charge is -2.31. The molecule has 0 bridgehead atoms. The third kappa shape index (κ3) is 2.52. The molecule has 0 amide bonds. The van der Waals surface area contributed by atoms with Crippen LogP contribution in [-0.2, 0) is 15.3 Å². The molecule has 0 aliphatic heterocycles. The molecule has 3 nitrogen and oxygen atoms in total. The summed E-state index contributed by atoms with van der Waals surface area (Å²) in [7, 11) is 4.61. The predicted molar refractivity (Wildman–Crippen MR) is 74.9 cm³/mol. The molecule has 0 unspecified atom stereocenters. The molecule has 0 aliphatic carbocycles. The van der Waals surface area contributed by atoms with E-state index in [1.165, 1.54) is 19.6 Å². The molecule has 1 rings (SSSR count). The summed E-state index contributed by atoms with van der Waals surface area (Å²) in [6, 6.07) is 7.36. The summed E-state index contributed by atoms with van der Waals surface area (Å²) in [6.45, 7) is 0. The molecule has 0 saturated heterocycles. The number of benzene rings is 1. The Kier molecular flexibility index (Phi) is 5.14. The van der Waals surface area contributed by atoms with Gasteiger partial charge in [0, 0.05) is 19.6 Å². The van der Waals surface area contributed by atoms with Gasteiger partial charge in [0.15, 0.2) is 0 Å². The highest BCUT2D eigenvalue weighted by Crippen LogP contribution is 2.34. The summed E-state index contributed by atoms with van der Waals surface area (Å²) in [5.41, 5.74) is 0.693. The summed E-state index contributed by atoms with van der Waals surface area (Å²) in [4.78, 5) is 0.377. The maximum absolute atomic E-state index is 5.43. The molecule has 0 aliphatic rings. The Morgan fingerprint density at radius 2 is 1.76 bits per heavy atom. The minimum Gasteiger partial charge on any atom is -0.496 e.